The first-order chi connectivity index (χ1) is 8.29. The zero-order valence-electron chi connectivity index (χ0n) is 10.2. The number of Topliss-reactive ketones (excluding diaryl/α,β-unsaturated/α-hetero) is 1. The van der Waals surface area contributed by atoms with Crippen molar-refractivity contribution in [2.45, 2.75) is 50.5 Å². The van der Waals surface area contributed by atoms with Crippen molar-refractivity contribution < 1.29 is 4.79 Å². The number of benzene rings is 1. The molecule has 1 aliphatic heterocycles. The van der Waals surface area contributed by atoms with Crippen molar-refractivity contribution >= 4 is 11.5 Å². The first-order valence-corrected chi connectivity index (χ1v) is 6.70. The molecule has 1 fully saturated rings. The number of carbonyl (C=O) groups excluding carboxylic acids is 1. The largest absolute Gasteiger partial charge is 0.379 e. The standard InChI is InChI=1S/C15H19NO/c17-14-8-11-15(9-4-1-5-10-15)16-13-7-3-2-6-12(13)14/h2-3,6-7,16H,1,4-5,8-11H2. The molecule has 1 aromatic rings. The van der Waals surface area contributed by atoms with Crippen LogP contribution < -0.4 is 5.32 Å². The van der Waals surface area contributed by atoms with E-state index in [4.69, 9.17) is 0 Å². The van der Waals surface area contributed by atoms with E-state index < -0.39 is 0 Å². The highest BCUT2D eigenvalue weighted by atomic mass is 16.1. The second-order valence-corrected chi connectivity index (χ2v) is 5.43. The molecule has 17 heavy (non-hydrogen) atoms. The number of fused-ring (bicyclic) bond motifs is 1. The summed E-state index contributed by atoms with van der Waals surface area (Å²) in [6.07, 6.45) is 8.07. The van der Waals surface area contributed by atoms with E-state index in [0.717, 1.165) is 17.7 Å². The van der Waals surface area contributed by atoms with Crippen LogP contribution in [0.4, 0.5) is 5.69 Å². The number of carbonyl (C=O) groups is 1. The van der Waals surface area contributed by atoms with Crippen LogP contribution >= 0.6 is 0 Å². The van der Waals surface area contributed by atoms with Crippen molar-refractivity contribution in [2.24, 2.45) is 0 Å². The molecule has 0 radical (unpaired) electrons. The Kier molecular flexibility index (Phi) is 2.65. The van der Waals surface area contributed by atoms with E-state index in [1.807, 2.05) is 18.2 Å². The predicted octanol–water partition coefficient (Wildman–Crippen LogP) is 3.78. The smallest absolute Gasteiger partial charge is 0.165 e. The van der Waals surface area contributed by atoms with E-state index in [1.165, 1.54) is 32.1 Å². The lowest BCUT2D eigenvalue weighted by Gasteiger charge is -2.38. The van der Waals surface area contributed by atoms with Crippen molar-refractivity contribution in [3.8, 4) is 0 Å². The summed E-state index contributed by atoms with van der Waals surface area (Å²) in [5, 5.41) is 3.68. The zero-order chi connectivity index (χ0) is 11.7. The van der Waals surface area contributed by atoms with Crippen molar-refractivity contribution in [2.75, 3.05) is 5.32 Å². The van der Waals surface area contributed by atoms with Gasteiger partial charge in [0, 0.05) is 23.2 Å². The lowest BCUT2D eigenvalue weighted by molar-refractivity contribution is 0.0973. The number of rotatable bonds is 0. The Bertz CT molecular complexity index is 432. The molecule has 90 valence electrons. The van der Waals surface area contributed by atoms with Crippen molar-refractivity contribution in [3.05, 3.63) is 29.8 Å². The maximum Gasteiger partial charge on any atom is 0.165 e. The fraction of sp³-hybridized carbons (Fsp3) is 0.533. The van der Waals surface area contributed by atoms with Gasteiger partial charge in [-0.15, -0.1) is 0 Å². The fourth-order valence-corrected chi connectivity index (χ4v) is 3.27. The summed E-state index contributed by atoms with van der Waals surface area (Å²) in [6, 6.07) is 7.97. The molecule has 0 aromatic heterocycles. The highest BCUT2D eigenvalue weighted by molar-refractivity contribution is 6.02. The molecule has 1 aromatic carbocycles. The van der Waals surface area contributed by atoms with Crippen molar-refractivity contribution in [1.29, 1.82) is 0 Å². The van der Waals surface area contributed by atoms with Gasteiger partial charge in [0.15, 0.2) is 5.78 Å². The number of ketones is 1. The van der Waals surface area contributed by atoms with Gasteiger partial charge in [0.2, 0.25) is 0 Å². The normalized spacial score (nSPS) is 22.7. The number of anilines is 1. The maximum absolute atomic E-state index is 12.1. The SMILES string of the molecule is O=C1CCC2(CCCCC2)Nc2ccccc21. The van der Waals surface area contributed by atoms with Crippen LogP contribution in [0, 0.1) is 0 Å². The molecule has 1 aliphatic carbocycles. The summed E-state index contributed by atoms with van der Waals surface area (Å²) in [7, 11) is 0. The minimum absolute atomic E-state index is 0.195. The summed E-state index contributed by atoms with van der Waals surface area (Å²) < 4.78 is 0. The molecule has 2 heteroatoms. The van der Waals surface area contributed by atoms with Gasteiger partial charge in [-0.05, 0) is 31.4 Å². The lowest BCUT2D eigenvalue weighted by atomic mass is 9.78. The zero-order valence-corrected chi connectivity index (χ0v) is 10.2. The highest BCUT2D eigenvalue weighted by Crippen LogP contribution is 2.38. The van der Waals surface area contributed by atoms with Crippen molar-refractivity contribution in [3.63, 3.8) is 0 Å². The molecule has 0 bridgehead atoms. The highest BCUT2D eigenvalue weighted by Gasteiger charge is 2.35. The molecule has 1 N–H and O–H groups in total. The summed E-state index contributed by atoms with van der Waals surface area (Å²) in [6.45, 7) is 0. The van der Waals surface area contributed by atoms with Gasteiger partial charge in [0.1, 0.15) is 0 Å². The van der Waals surface area contributed by atoms with Crippen LogP contribution in [0.5, 0.6) is 0 Å². The molecule has 2 aliphatic rings. The molecular weight excluding hydrogens is 210 g/mol. The average Bonchev–Trinajstić information content (AvgIpc) is 2.50. The molecule has 1 spiro atoms. The second-order valence-electron chi connectivity index (χ2n) is 5.43. The summed E-state index contributed by atoms with van der Waals surface area (Å²) >= 11 is 0. The lowest BCUT2D eigenvalue weighted by Crippen LogP contribution is -2.39. The average molecular weight is 229 g/mol. The topological polar surface area (TPSA) is 29.1 Å². The molecule has 3 rings (SSSR count). The van der Waals surface area contributed by atoms with E-state index in [2.05, 4.69) is 11.4 Å². The van der Waals surface area contributed by atoms with Gasteiger partial charge in [-0.3, -0.25) is 4.79 Å². The van der Waals surface area contributed by atoms with Gasteiger partial charge in [0.05, 0.1) is 0 Å². The van der Waals surface area contributed by atoms with Crippen LogP contribution in [0.15, 0.2) is 24.3 Å². The van der Waals surface area contributed by atoms with Crippen LogP contribution in [0.25, 0.3) is 0 Å². The molecule has 0 atom stereocenters. The van der Waals surface area contributed by atoms with E-state index in [9.17, 15) is 4.79 Å². The van der Waals surface area contributed by atoms with E-state index in [1.54, 1.807) is 0 Å². The Morgan fingerprint density at radius 1 is 1.00 bits per heavy atom. The third kappa shape index (κ3) is 1.97. The van der Waals surface area contributed by atoms with Gasteiger partial charge in [0.25, 0.3) is 0 Å². The fourth-order valence-electron chi connectivity index (χ4n) is 3.27. The van der Waals surface area contributed by atoms with Gasteiger partial charge in [-0.2, -0.15) is 0 Å². The van der Waals surface area contributed by atoms with Crippen LogP contribution in [-0.4, -0.2) is 11.3 Å². The Morgan fingerprint density at radius 2 is 1.76 bits per heavy atom. The summed E-state index contributed by atoms with van der Waals surface area (Å²) in [5.41, 5.74) is 2.13. The summed E-state index contributed by atoms with van der Waals surface area (Å²) in [4.78, 5) is 12.1. The number of para-hydroxylation sites is 1. The van der Waals surface area contributed by atoms with Crippen molar-refractivity contribution in [1.82, 2.24) is 0 Å². The molecule has 0 amide bonds. The number of hydrogen-bond acceptors (Lipinski definition) is 2. The van der Waals surface area contributed by atoms with Gasteiger partial charge < -0.3 is 5.32 Å². The first kappa shape index (κ1) is 10.8. The molecule has 1 saturated carbocycles. The third-order valence-corrected chi connectivity index (χ3v) is 4.27. The quantitative estimate of drug-likeness (QED) is 0.733. The van der Waals surface area contributed by atoms with E-state index >= 15 is 0 Å². The maximum atomic E-state index is 12.1. The van der Waals surface area contributed by atoms with Crippen LogP contribution in [0.2, 0.25) is 0 Å². The van der Waals surface area contributed by atoms with E-state index in [0.29, 0.717) is 12.2 Å². The van der Waals surface area contributed by atoms with Gasteiger partial charge >= 0.3 is 0 Å². The Morgan fingerprint density at radius 3 is 2.59 bits per heavy atom. The summed E-state index contributed by atoms with van der Waals surface area (Å²) in [5.74, 6) is 0.301. The Hall–Kier alpha value is -1.31. The molecule has 2 nitrogen and oxygen atoms in total. The van der Waals surface area contributed by atoms with Gasteiger partial charge in [-0.1, -0.05) is 31.4 Å². The molecule has 1 heterocycles. The second kappa shape index (κ2) is 4.17. The van der Waals surface area contributed by atoms with Crippen LogP contribution in [0.3, 0.4) is 0 Å². The Labute approximate surface area is 102 Å². The minimum Gasteiger partial charge on any atom is -0.379 e. The number of nitrogens with one attached hydrogen (secondary N) is 1. The first-order valence-electron chi connectivity index (χ1n) is 6.70. The Balaban J connectivity index is 1.96. The van der Waals surface area contributed by atoms with Crippen LogP contribution in [0.1, 0.15) is 55.3 Å². The van der Waals surface area contributed by atoms with Gasteiger partial charge in [-0.25, -0.2) is 0 Å². The molecule has 0 saturated heterocycles. The molecular formula is C15H19NO. The third-order valence-electron chi connectivity index (χ3n) is 4.27. The van der Waals surface area contributed by atoms with E-state index in [-0.39, 0.29) is 5.54 Å². The number of hydrogen-bond donors (Lipinski definition) is 1. The monoisotopic (exact) mass is 229 g/mol. The molecule has 0 unspecified atom stereocenters. The van der Waals surface area contributed by atoms with Crippen LogP contribution in [-0.2, 0) is 0 Å². The minimum atomic E-state index is 0.195. The predicted molar refractivity (Wildman–Crippen MR) is 69.4 cm³/mol.